The smallest absolute Gasteiger partial charge is 0.0775 e. The second-order valence-electron chi connectivity index (χ2n) is 8.93. The molecule has 0 aliphatic rings. The molecule has 0 aliphatic carbocycles. The van der Waals surface area contributed by atoms with Gasteiger partial charge in [0.05, 0.1) is 16.1 Å². The van der Waals surface area contributed by atoms with Crippen molar-refractivity contribution in [2.45, 2.75) is 53.1 Å². The maximum Gasteiger partial charge on any atom is 0.0775 e. The quantitative estimate of drug-likeness (QED) is 0.512. The predicted octanol–water partition coefficient (Wildman–Crippen LogP) is 5.76. The fourth-order valence-corrected chi connectivity index (χ4v) is 9.80. The topological polar surface area (TPSA) is 0 Å². The Labute approximate surface area is 146 Å². The zero-order valence-electron chi connectivity index (χ0n) is 15.7. The molecular formula is C20H28SSi2. The van der Waals surface area contributed by atoms with Gasteiger partial charge in [-0.25, -0.2) is 0 Å². The summed E-state index contributed by atoms with van der Waals surface area (Å²) in [5.74, 6) is 0. The minimum atomic E-state index is -1.35. The molecule has 0 amide bonds. The van der Waals surface area contributed by atoms with Gasteiger partial charge in [-0.15, -0.1) is 11.3 Å². The van der Waals surface area contributed by atoms with Gasteiger partial charge < -0.3 is 0 Å². The molecule has 23 heavy (non-hydrogen) atoms. The minimum Gasteiger partial charge on any atom is -0.135 e. The molecule has 0 aliphatic heterocycles. The van der Waals surface area contributed by atoms with Crippen LogP contribution in [0, 0.1) is 13.8 Å². The van der Waals surface area contributed by atoms with Crippen molar-refractivity contribution >= 4 is 58.0 Å². The van der Waals surface area contributed by atoms with Gasteiger partial charge in [-0.2, -0.15) is 0 Å². The zero-order valence-corrected chi connectivity index (χ0v) is 18.5. The third kappa shape index (κ3) is 2.95. The van der Waals surface area contributed by atoms with Crippen LogP contribution in [0.2, 0.25) is 39.3 Å². The Kier molecular flexibility index (Phi) is 3.90. The number of aryl methyl sites for hydroxylation is 2. The van der Waals surface area contributed by atoms with Gasteiger partial charge in [0.1, 0.15) is 0 Å². The first kappa shape index (κ1) is 16.9. The average molecular weight is 357 g/mol. The van der Waals surface area contributed by atoms with Crippen LogP contribution in [0.3, 0.4) is 0 Å². The first-order chi connectivity index (χ1) is 10.5. The summed E-state index contributed by atoms with van der Waals surface area (Å²) in [6.07, 6.45) is 0. The second kappa shape index (κ2) is 5.30. The van der Waals surface area contributed by atoms with Gasteiger partial charge in [0.15, 0.2) is 0 Å². The molecule has 122 valence electrons. The molecule has 3 aromatic rings. The first-order valence-corrected chi connectivity index (χ1v) is 16.3. The van der Waals surface area contributed by atoms with E-state index in [1.54, 1.807) is 10.4 Å². The summed E-state index contributed by atoms with van der Waals surface area (Å²) < 4.78 is 2.92. The van der Waals surface area contributed by atoms with Crippen molar-refractivity contribution in [1.82, 2.24) is 0 Å². The monoisotopic (exact) mass is 356 g/mol. The van der Waals surface area contributed by atoms with Crippen LogP contribution in [0.1, 0.15) is 11.1 Å². The molecule has 0 fully saturated rings. The van der Waals surface area contributed by atoms with Gasteiger partial charge in [0.2, 0.25) is 0 Å². The van der Waals surface area contributed by atoms with Gasteiger partial charge in [0, 0.05) is 20.2 Å². The van der Waals surface area contributed by atoms with Crippen LogP contribution < -0.4 is 10.4 Å². The number of rotatable bonds is 2. The van der Waals surface area contributed by atoms with E-state index in [-0.39, 0.29) is 0 Å². The summed E-state index contributed by atoms with van der Waals surface area (Å²) in [6.45, 7) is 19.4. The first-order valence-electron chi connectivity index (χ1n) is 8.47. The van der Waals surface area contributed by atoms with Crippen molar-refractivity contribution in [1.29, 1.82) is 0 Å². The summed E-state index contributed by atoms with van der Waals surface area (Å²) in [7, 11) is -2.69. The largest absolute Gasteiger partial charge is 0.135 e. The molecule has 0 radical (unpaired) electrons. The number of thiophene rings is 1. The van der Waals surface area contributed by atoms with Crippen molar-refractivity contribution in [3.05, 3.63) is 35.4 Å². The molecule has 2 aromatic carbocycles. The Balaban J connectivity index is 2.45. The normalized spacial score (nSPS) is 13.2. The third-order valence-electron chi connectivity index (χ3n) is 4.84. The Bertz CT molecular complexity index is 905. The van der Waals surface area contributed by atoms with Crippen molar-refractivity contribution < 1.29 is 0 Å². The summed E-state index contributed by atoms with van der Waals surface area (Å²) >= 11 is 1.97. The van der Waals surface area contributed by atoms with E-state index < -0.39 is 16.1 Å². The number of benzene rings is 2. The van der Waals surface area contributed by atoms with Crippen LogP contribution in [0.5, 0.6) is 0 Å². The lowest BCUT2D eigenvalue weighted by molar-refractivity contribution is 1.37. The fraction of sp³-hybridized carbons (Fsp3) is 0.400. The van der Waals surface area contributed by atoms with Gasteiger partial charge in [0.25, 0.3) is 0 Å². The highest BCUT2D eigenvalue weighted by atomic mass is 32.1. The Hall–Kier alpha value is -0.906. The molecule has 0 saturated carbocycles. The summed E-state index contributed by atoms with van der Waals surface area (Å²) in [5.41, 5.74) is 2.81. The maximum absolute atomic E-state index is 2.56. The Morgan fingerprint density at radius 2 is 1.04 bits per heavy atom. The molecule has 1 heterocycles. The molecule has 0 atom stereocenters. The number of fused-ring (bicyclic) bond motifs is 3. The highest BCUT2D eigenvalue weighted by Gasteiger charge is 2.28. The van der Waals surface area contributed by atoms with Crippen LogP contribution in [-0.2, 0) is 0 Å². The van der Waals surface area contributed by atoms with Crippen molar-refractivity contribution in [3.8, 4) is 0 Å². The van der Waals surface area contributed by atoms with E-state index in [1.165, 1.54) is 31.3 Å². The van der Waals surface area contributed by atoms with E-state index in [0.717, 1.165) is 0 Å². The Morgan fingerprint density at radius 1 is 0.609 bits per heavy atom. The van der Waals surface area contributed by atoms with Gasteiger partial charge in [-0.1, -0.05) is 55.7 Å². The summed E-state index contributed by atoms with van der Waals surface area (Å²) in [6, 6.07) is 9.87. The molecule has 0 saturated heterocycles. The molecule has 0 spiro atoms. The number of hydrogen-bond donors (Lipinski definition) is 0. The summed E-state index contributed by atoms with van der Waals surface area (Å²) in [5, 5.41) is 6.30. The molecular weight excluding hydrogens is 328 g/mol. The molecule has 0 unspecified atom stereocenters. The summed E-state index contributed by atoms with van der Waals surface area (Å²) in [4.78, 5) is 0. The molecule has 0 bridgehead atoms. The van der Waals surface area contributed by atoms with E-state index >= 15 is 0 Å². The van der Waals surface area contributed by atoms with Crippen LogP contribution in [0.15, 0.2) is 24.3 Å². The average Bonchev–Trinajstić information content (AvgIpc) is 2.73. The van der Waals surface area contributed by atoms with Gasteiger partial charge in [-0.3, -0.25) is 0 Å². The van der Waals surface area contributed by atoms with Crippen molar-refractivity contribution in [2.24, 2.45) is 0 Å². The van der Waals surface area contributed by atoms with Crippen molar-refractivity contribution in [2.75, 3.05) is 0 Å². The maximum atomic E-state index is 2.56. The number of hydrogen-bond acceptors (Lipinski definition) is 1. The lowest BCUT2D eigenvalue weighted by Gasteiger charge is -2.28. The Morgan fingerprint density at radius 3 is 1.61 bits per heavy atom. The van der Waals surface area contributed by atoms with E-state index in [2.05, 4.69) is 77.4 Å². The molecule has 3 heteroatoms. The highest BCUT2D eigenvalue weighted by molar-refractivity contribution is 7.26. The second-order valence-corrected chi connectivity index (χ2v) is 20.1. The van der Waals surface area contributed by atoms with Crippen LogP contribution in [-0.4, -0.2) is 16.1 Å². The van der Waals surface area contributed by atoms with E-state index in [0.29, 0.717) is 0 Å². The van der Waals surface area contributed by atoms with Gasteiger partial charge in [-0.05, 0) is 43.2 Å². The lowest BCUT2D eigenvalue weighted by Crippen LogP contribution is -2.56. The van der Waals surface area contributed by atoms with E-state index in [1.807, 2.05) is 11.3 Å². The van der Waals surface area contributed by atoms with Crippen LogP contribution in [0.25, 0.3) is 20.2 Å². The predicted molar refractivity (Wildman–Crippen MR) is 115 cm³/mol. The van der Waals surface area contributed by atoms with Gasteiger partial charge >= 0.3 is 0 Å². The third-order valence-corrected chi connectivity index (χ3v) is 10.3. The fourth-order valence-electron chi connectivity index (χ4n) is 3.32. The van der Waals surface area contributed by atoms with Crippen LogP contribution in [0.4, 0.5) is 0 Å². The SMILES string of the molecule is Cc1cc2sc3cc([Si](C)(C)C)c([Si](C)(C)C)cc3c2cc1C. The van der Waals surface area contributed by atoms with Crippen LogP contribution >= 0.6 is 11.3 Å². The minimum absolute atomic E-state index is 1.33. The zero-order chi connectivity index (χ0) is 17.2. The highest BCUT2D eigenvalue weighted by Crippen LogP contribution is 2.35. The molecule has 1 aromatic heterocycles. The lowest BCUT2D eigenvalue weighted by atomic mass is 10.1. The van der Waals surface area contributed by atoms with E-state index in [4.69, 9.17) is 0 Å². The standard InChI is InChI=1S/C20H28SSi2/c1-13-9-15-16-11-19(22(3,4)5)20(23(6,7)8)12-18(16)21-17(15)10-14(13)2/h9-12H,1-8H3. The molecule has 0 N–H and O–H groups in total. The molecule has 0 nitrogen and oxygen atoms in total. The van der Waals surface area contributed by atoms with E-state index in [9.17, 15) is 0 Å². The molecule has 3 rings (SSSR count). The van der Waals surface area contributed by atoms with Crippen molar-refractivity contribution in [3.63, 3.8) is 0 Å².